The third-order valence-electron chi connectivity index (χ3n) is 2.07. The molecule has 0 radical (unpaired) electrons. The molecule has 0 aliphatic rings. The molecule has 0 aromatic heterocycles. The van der Waals surface area contributed by atoms with Gasteiger partial charge < -0.3 is 20.7 Å². The molecule has 1 unspecified atom stereocenters. The number of methoxy groups -OCH3 is 1. The zero-order chi connectivity index (χ0) is 11.4. The van der Waals surface area contributed by atoms with Gasteiger partial charge in [0.25, 0.3) is 0 Å². The average molecular weight is 276 g/mol. The predicted octanol–water partition coefficient (Wildman–Crippen LogP) is 1.29. The van der Waals surface area contributed by atoms with Crippen LogP contribution >= 0.6 is 15.9 Å². The fourth-order valence-electron chi connectivity index (χ4n) is 1.33. The van der Waals surface area contributed by atoms with Crippen molar-refractivity contribution in [3.8, 4) is 5.75 Å². The molecule has 0 heterocycles. The van der Waals surface area contributed by atoms with E-state index in [2.05, 4.69) is 15.9 Å². The van der Waals surface area contributed by atoms with Crippen molar-refractivity contribution in [2.75, 3.05) is 13.7 Å². The second-order valence-electron chi connectivity index (χ2n) is 3.19. The van der Waals surface area contributed by atoms with Crippen molar-refractivity contribution in [2.24, 2.45) is 5.73 Å². The van der Waals surface area contributed by atoms with Crippen molar-refractivity contribution >= 4 is 15.9 Å². The van der Waals surface area contributed by atoms with Gasteiger partial charge in [-0.05, 0) is 12.1 Å². The first kappa shape index (κ1) is 12.4. The van der Waals surface area contributed by atoms with Gasteiger partial charge in [0.1, 0.15) is 5.75 Å². The molecule has 0 fully saturated rings. The highest BCUT2D eigenvalue weighted by molar-refractivity contribution is 9.10. The van der Waals surface area contributed by atoms with Crippen molar-refractivity contribution in [2.45, 2.75) is 12.7 Å². The van der Waals surface area contributed by atoms with E-state index in [9.17, 15) is 10.2 Å². The quantitative estimate of drug-likeness (QED) is 0.774. The third kappa shape index (κ3) is 2.92. The van der Waals surface area contributed by atoms with Crippen molar-refractivity contribution < 1.29 is 14.9 Å². The molecule has 1 atom stereocenters. The lowest BCUT2D eigenvalue weighted by Crippen LogP contribution is -2.12. The van der Waals surface area contributed by atoms with E-state index < -0.39 is 6.10 Å². The topological polar surface area (TPSA) is 75.7 Å². The summed E-state index contributed by atoms with van der Waals surface area (Å²) in [6.07, 6.45) is -0.863. The van der Waals surface area contributed by atoms with Gasteiger partial charge in [-0.2, -0.15) is 0 Å². The predicted molar refractivity (Wildman–Crippen MR) is 60.5 cm³/mol. The number of nitrogens with two attached hydrogens (primary N) is 1. The summed E-state index contributed by atoms with van der Waals surface area (Å²) in [4.78, 5) is 0. The van der Waals surface area contributed by atoms with E-state index in [4.69, 9.17) is 10.5 Å². The lowest BCUT2D eigenvalue weighted by Gasteiger charge is -2.14. The molecule has 1 aromatic carbocycles. The van der Waals surface area contributed by atoms with Crippen LogP contribution in [0, 0.1) is 0 Å². The number of hydrogen-bond acceptors (Lipinski definition) is 4. The monoisotopic (exact) mass is 275 g/mol. The Morgan fingerprint density at radius 3 is 2.73 bits per heavy atom. The van der Waals surface area contributed by atoms with E-state index in [0.29, 0.717) is 11.1 Å². The molecule has 0 bridgehead atoms. The van der Waals surface area contributed by atoms with Crippen LogP contribution in [0.4, 0.5) is 0 Å². The molecule has 0 aliphatic heterocycles. The maximum Gasteiger partial charge on any atom is 0.127 e. The number of halogens is 1. The van der Waals surface area contributed by atoms with Gasteiger partial charge in [0.05, 0.1) is 12.7 Å². The van der Waals surface area contributed by atoms with Crippen molar-refractivity contribution in [1.82, 2.24) is 0 Å². The largest absolute Gasteiger partial charge is 0.507 e. The Morgan fingerprint density at radius 2 is 2.20 bits per heavy atom. The molecule has 0 spiro atoms. The number of ether oxygens (including phenoxy) is 1. The molecule has 0 saturated heterocycles. The highest BCUT2D eigenvalue weighted by Gasteiger charge is 2.15. The minimum atomic E-state index is -0.863. The zero-order valence-electron chi connectivity index (χ0n) is 8.40. The highest BCUT2D eigenvalue weighted by atomic mass is 79.9. The Hall–Kier alpha value is -0.620. The Labute approximate surface area is 96.8 Å². The molecule has 1 rings (SSSR count). The molecular formula is C10H14BrNO3. The van der Waals surface area contributed by atoms with Crippen molar-refractivity contribution in [3.63, 3.8) is 0 Å². The number of aliphatic hydroxyl groups is 1. The summed E-state index contributed by atoms with van der Waals surface area (Å²) in [5.74, 6) is 0.0398. The van der Waals surface area contributed by atoms with E-state index in [-0.39, 0.29) is 18.9 Å². The van der Waals surface area contributed by atoms with Gasteiger partial charge in [0.15, 0.2) is 0 Å². The molecule has 15 heavy (non-hydrogen) atoms. The Morgan fingerprint density at radius 1 is 1.53 bits per heavy atom. The van der Waals surface area contributed by atoms with Crippen molar-refractivity contribution in [3.05, 3.63) is 27.7 Å². The van der Waals surface area contributed by atoms with Crippen LogP contribution in [-0.2, 0) is 11.3 Å². The summed E-state index contributed by atoms with van der Waals surface area (Å²) in [5.41, 5.74) is 6.37. The van der Waals surface area contributed by atoms with E-state index in [0.717, 1.165) is 4.47 Å². The van der Waals surface area contributed by atoms with Crippen LogP contribution in [0.25, 0.3) is 0 Å². The highest BCUT2D eigenvalue weighted by Crippen LogP contribution is 2.31. The fraction of sp³-hybridized carbons (Fsp3) is 0.400. The number of hydrogen-bond donors (Lipinski definition) is 3. The van der Waals surface area contributed by atoms with Gasteiger partial charge in [0.2, 0.25) is 0 Å². The minimum Gasteiger partial charge on any atom is -0.507 e. The Balaban J connectivity index is 3.15. The average Bonchev–Trinajstić information content (AvgIpc) is 2.22. The maximum atomic E-state index is 9.83. The minimum absolute atomic E-state index is 0.0398. The van der Waals surface area contributed by atoms with E-state index in [1.54, 1.807) is 19.2 Å². The first-order valence-corrected chi connectivity index (χ1v) is 5.27. The summed E-state index contributed by atoms with van der Waals surface area (Å²) >= 11 is 3.30. The van der Waals surface area contributed by atoms with Crippen LogP contribution in [0.1, 0.15) is 17.2 Å². The standard InChI is InChI=1S/C10H14BrNO3/c1-15-5-6-2-7(11)3-8(10(6)14)9(13)4-12/h2-3,9,13-14H,4-5,12H2,1H3. The van der Waals surface area contributed by atoms with Crippen LogP contribution in [0.3, 0.4) is 0 Å². The van der Waals surface area contributed by atoms with Crippen LogP contribution in [0.15, 0.2) is 16.6 Å². The van der Waals surface area contributed by atoms with E-state index >= 15 is 0 Å². The fourth-order valence-corrected chi connectivity index (χ4v) is 1.85. The number of aromatic hydroxyl groups is 1. The molecule has 0 saturated carbocycles. The summed E-state index contributed by atoms with van der Waals surface area (Å²) in [6, 6.07) is 3.39. The number of phenolic OH excluding ortho intramolecular Hbond substituents is 1. The second kappa shape index (κ2) is 5.46. The smallest absolute Gasteiger partial charge is 0.127 e. The van der Waals surface area contributed by atoms with Gasteiger partial charge in [0, 0.05) is 29.3 Å². The second-order valence-corrected chi connectivity index (χ2v) is 4.10. The van der Waals surface area contributed by atoms with Crippen LogP contribution in [0.2, 0.25) is 0 Å². The van der Waals surface area contributed by atoms with Crippen LogP contribution < -0.4 is 5.73 Å². The molecule has 0 amide bonds. The Kier molecular flexibility index (Phi) is 4.53. The molecule has 4 nitrogen and oxygen atoms in total. The molecular weight excluding hydrogens is 262 g/mol. The number of phenols is 1. The lowest BCUT2D eigenvalue weighted by atomic mass is 10.0. The van der Waals surface area contributed by atoms with Gasteiger partial charge in [-0.1, -0.05) is 15.9 Å². The van der Waals surface area contributed by atoms with Gasteiger partial charge in [-0.15, -0.1) is 0 Å². The van der Waals surface area contributed by atoms with Crippen LogP contribution in [0.5, 0.6) is 5.75 Å². The molecule has 0 aliphatic carbocycles. The van der Waals surface area contributed by atoms with Gasteiger partial charge >= 0.3 is 0 Å². The van der Waals surface area contributed by atoms with Crippen molar-refractivity contribution in [1.29, 1.82) is 0 Å². The normalized spacial score (nSPS) is 12.8. The van der Waals surface area contributed by atoms with E-state index in [1.165, 1.54) is 0 Å². The maximum absolute atomic E-state index is 9.83. The number of benzene rings is 1. The first-order chi connectivity index (χ1) is 7.10. The molecule has 1 aromatic rings. The van der Waals surface area contributed by atoms with Gasteiger partial charge in [-0.3, -0.25) is 0 Å². The summed E-state index contributed by atoms with van der Waals surface area (Å²) in [6.45, 7) is 0.353. The SMILES string of the molecule is COCc1cc(Br)cc(C(O)CN)c1O. The molecule has 84 valence electrons. The third-order valence-corrected chi connectivity index (χ3v) is 2.52. The number of rotatable bonds is 4. The van der Waals surface area contributed by atoms with E-state index in [1.807, 2.05) is 0 Å². The zero-order valence-corrected chi connectivity index (χ0v) is 9.99. The summed E-state index contributed by atoms with van der Waals surface area (Å²) in [5, 5.41) is 19.4. The van der Waals surface area contributed by atoms with Gasteiger partial charge in [-0.25, -0.2) is 0 Å². The molecule has 4 N–H and O–H groups in total. The number of aliphatic hydroxyl groups excluding tert-OH is 1. The Bertz CT molecular complexity index is 344. The summed E-state index contributed by atoms with van der Waals surface area (Å²) in [7, 11) is 1.54. The first-order valence-electron chi connectivity index (χ1n) is 4.48. The lowest BCUT2D eigenvalue weighted by molar-refractivity contribution is 0.173. The van der Waals surface area contributed by atoms with Crippen LogP contribution in [-0.4, -0.2) is 23.9 Å². The summed E-state index contributed by atoms with van der Waals surface area (Å²) < 4.78 is 5.71. The molecule has 5 heteroatoms.